The molecule has 3 atom stereocenters. The average Bonchev–Trinajstić information content (AvgIpc) is 3.17. The number of hydrogen-bond acceptors (Lipinski definition) is 3. The number of amides is 1. The predicted molar refractivity (Wildman–Crippen MR) is 78.3 cm³/mol. The molecule has 0 radical (unpaired) electrons. The highest BCUT2D eigenvalue weighted by atomic mass is 16.5. The van der Waals surface area contributed by atoms with Crippen molar-refractivity contribution >= 4 is 5.91 Å². The molecule has 20 heavy (non-hydrogen) atoms. The third-order valence-corrected chi connectivity index (χ3v) is 5.22. The average molecular weight is 280 g/mol. The zero-order valence-electron chi connectivity index (χ0n) is 12.6. The van der Waals surface area contributed by atoms with Gasteiger partial charge in [0.15, 0.2) is 0 Å². The maximum atomic E-state index is 12.8. The van der Waals surface area contributed by atoms with E-state index in [0.717, 1.165) is 38.9 Å². The Morgan fingerprint density at radius 1 is 1.30 bits per heavy atom. The Morgan fingerprint density at radius 2 is 2.10 bits per heavy atom. The Bertz CT molecular complexity index is 335. The molecule has 1 saturated carbocycles. The van der Waals surface area contributed by atoms with Gasteiger partial charge in [0.1, 0.15) is 0 Å². The summed E-state index contributed by atoms with van der Waals surface area (Å²) in [7, 11) is 0. The number of ether oxygens (including phenoxy) is 1. The number of carbonyl (C=O) groups excluding carboxylic acids is 1. The smallest absolute Gasteiger partial charge is 0.241 e. The lowest BCUT2D eigenvalue weighted by molar-refractivity contribution is -0.133. The van der Waals surface area contributed by atoms with Crippen molar-refractivity contribution in [2.75, 3.05) is 13.2 Å². The van der Waals surface area contributed by atoms with Gasteiger partial charge in [-0.25, -0.2) is 0 Å². The molecule has 0 bridgehead atoms. The van der Waals surface area contributed by atoms with E-state index in [1.165, 1.54) is 25.7 Å². The normalized spacial score (nSPS) is 35.4. The highest BCUT2D eigenvalue weighted by Crippen LogP contribution is 2.34. The standard InChI is InChI=1S/C16H28N2O2/c1-2-3-8-14-16(19)18(13-9-10-20-11-13)15(17-14)12-6-4-5-7-12/h12-15,17H,2-11H2,1H3. The Hall–Kier alpha value is -0.610. The van der Waals surface area contributed by atoms with Crippen molar-refractivity contribution in [2.45, 2.75) is 76.5 Å². The van der Waals surface area contributed by atoms with E-state index in [-0.39, 0.29) is 12.2 Å². The fourth-order valence-electron chi connectivity index (χ4n) is 4.07. The van der Waals surface area contributed by atoms with Crippen LogP contribution >= 0.6 is 0 Å². The first-order valence-electron chi connectivity index (χ1n) is 8.47. The third-order valence-electron chi connectivity index (χ3n) is 5.22. The molecule has 0 aromatic carbocycles. The number of rotatable bonds is 5. The number of hydrogen-bond donors (Lipinski definition) is 1. The largest absolute Gasteiger partial charge is 0.379 e. The van der Waals surface area contributed by atoms with Crippen LogP contribution in [0.5, 0.6) is 0 Å². The minimum absolute atomic E-state index is 0.0566. The van der Waals surface area contributed by atoms with E-state index in [0.29, 0.717) is 17.9 Å². The van der Waals surface area contributed by atoms with Crippen molar-refractivity contribution in [1.82, 2.24) is 10.2 Å². The van der Waals surface area contributed by atoms with Gasteiger partial charge in [-0.15, -0.1) is 0 Å². The summed E-state index contributed by atoms with van der Waals surface area (Å²) in [5.74, 6) is 0.997. The number of unbranched alkanes of at least 4 members (excludes halogenated alkanes) is 1. The Kier molecular flexibility index (Phi) is 4.61. The topological polar surface area (TPSA) is 41.6 Å². The van der Waals surface area contributed by atoms with Crippen LogP contribution < -0.4 is 5.32 Å². The van der Waals surface area contributed by atoms with Crippen LogP contribution in [0.2, 0.25) is 0 Å². The quantitative estimate of drug-likeness (QED) is 0.840. The van der Waals surface area contributed by atoms with Gasteiger partial charge in [0.2, 0.25) is 5.91 Å². The highest BCUT2D eigenvalue weighted by molar-refractivity contribution is 5.84. The molecule has 0 spiro atoms. The molecule has 2 saturated heterocycles. The summed E-state index contributed by atoms with van der Waals surface area (Å²) in [5, 5.41) is 3.67. The Morgan fingerprint density at radius 3 is 2.75 bits per heavy atom. The summed E-state index contributed by atoms with van der Waals surface area (Å²) >= 11 is 0. The van der Waals surface area contributed by atoms with Gasteiger partial charge in [0.25, 0.3) is 0 Å². The summed E-state index contributed by atoms with van der Waals surface area (Å²) in [6.07, 6.45) is 9.77. The lowest BCUT2D eigenvalue weighted by Crippen LogP contribution is -2.48. The van der Waals surface area contributed by atoms with E-state index in [9.17, 15) is 4.79 Å². The SMILES string of the molecule is CCCCC1NC(C2CCCC2)N(C2CCOC2)C1=O. The maximum absolute atomic E-state index is 12.8. The van der Waals surface area contributed by atoms with Crippen LogP contribution in [-0.4, -0.2) is 42.3 Å². The number of nitrogens with one attached hydrogen (secondary N) is 1. The Balaban J connectivity index is 1.72. The molecular weight excluding hydrogens is 252 g/mol. The molecule has 3 aliphatic rings. The summed E-state index contributed by atoms with van der Waals surface area (Å²) in [5.41, 5.74) is 0. The van der Waals surface area contributed by atoms with Crippen molar-refractivity contribution in [3.63, 3.8) is 0 Å². The van der Waals surface area contributed by atoms with Crippen LogP contribution in [0, 0.1) is 5.92 Å². The second-order valence-corrected chi connectivity index (χ2v) is 6.61. The van der Waals surface area contributed by atoms with Crippen LogP contribution in [0.1, 0.15) is 58.3 Å². The van der Waals surface area contributed by atoms with Gasteiger partial charge in [0.05, 0.1) is 24.9 Å². The van der Waals surface area contributed by atoms with Gasteiger partial charge in [-0.3, -0.25) is 10.1 Å². The maximum Gasteiger partial charge on any atom is 0.241 e. The van der Waals surface area contributed by atoms with Gasteiger partial charge < -0.3 is 9.64 Å². The minimum atomic E-state index is 0.0566. The molecule has 1 amide bonds. The first-order chi connectivity index (χ1) is 9.81. The highest BCUT2D eigenvalue weighted by Gasteiger charge is 2.46. The first kappa shape index (κ1) is 14.3. The van der Waals surface area contributed by atoms with Crippen molar-refractivity contribution in [2.24, 2.45) is 5.92 Å². The Labute approximate surface area is 122 Å². The van der Waals surface area contributed by atoms with Gasteiger partial charge in [-0.05, 0) is 31.6 Å². The van der Waals surface area contributed by atoms with E-state index < -0.39 is 0 Å². The van der Waals surface area contributed by atoms with Crippen LogP contribution in [0.4, 0.5) is 0 Å². The fourth-order valence-corrected chi connectivity index (χ4v) is 4.07. The molecule has 114 valence electrons. The van der Waals surface area contributed by atoms with Crippen LogP contribution in [-0.2, 0) is 9.53 Å². The number of nitrogens with zero attached hydrogens (tertiary/aromatic N) is 1. The summed E-state index contributed by atoms with van der Waals surface area (Å²) in [6, 6.07) is 0.369. The van der Waals surface area contributed by atoms with E-state index in [1.54, 1.807) is 0 Å². The van der Waals surface area contributed by atoms with Crippen LogP contribution in [0.3, 0.4) is 0 Å². The molecular formula is C16H28N2O2. The van der Waals surface area contributed by atoms with Gasteiger partial charge in [-0.2, -0.15) is 0 Å². The van der Waals surface area contributed by atoms with Crippen molar-refractivity contribution in [3.8, 4) is 0 Å². The molecule has 1 aliphatic carbocycles. The van der Waals surface area contributed by atoms with E-state index in [2.05, 4.69) is 17.1 Å². The van der Waals surface area contributed by atoms with E-state index >= 15 is 0 Å². The zero-order valence-corrected chi connectivity index (χ0v) is 12.6. The second kappa shape index (κ2) is 6.44. The van der Waals surface area contributed by atoms with Gasteiger partial charge >= 0.3 is 0 Å². The molecule has 3 rings (SSSR count). The molecule has 4 heteroatoms. The minimum Gasteiger partial charge on any atom is -0.379 e. The second-order valence-electron chi connectivity index (χ2n) is 6.61. The summed E-state index contributed by atoms with van der Waals surface area (Å²) in [6.45, 7) is 3.74. The molecule has 0 aromatic rings. The fraction of sp³-hybridized carbons (Fsp3) is 0.938. The molecule has 1 N–H and O–H groups in total. The van der Waals surface area contributed by atoms with Crippen LogP contribution in [0.15, 0.2) is 0 Å². The number of carbonyl (C=O) groups is 1. The van der Waals surface area contributed by atoms with Gasteiger partial charge in [-0.1, -0.05) is 32.6 Å². The van der Waals surface area contributed by atoms with E-state index in [1.807, 2.05) is 0 Å². The molecule has 3 fully saturated rings. The predicted octanol–water partition coefficient (Wildman–Crippen LogP) is 2.28. The van der Waals surface area contributed by atoms with Crippen molar-refractivity contribution in [1.29, 1.82) is 0 Å². The van der Waals surface area contributed by atoms with E-state index in [4.69, 9.17) is 4.74 Å². The van der Waals surface area contributed by atoms with Crippen molar-refractivity contribution < 1.29 is 9.53 Å². The lowest BCUT2D eigenvalue weighted by Gasteiger charge is -2.33. The summed E-state index contributed by atoms with van der Waals surface area (Å²) in [4.78, 5) is 14.9. The summed E-state index contributed by atoms with van der Waals surface area (Å²) < 4.78 is 5.52. The molecule has 2 aliphatic heterocycles. The lowest BCUT2D eigenvalue weighted by atomic mass is 10.0. The third kappa shape index (κ3) is 2.73. The first-order valence-corrected chi connectivity index (χ1v) is 8.47. The molecule has 3 unspecified atom stereocenters. The molecule has 4 nitrogen and oxygen atoms in total. The molecule has 0 aromatic heterocycles. The monoisotopic (exact) mass is 280 g/mol. The van der Waals surface area contributed by atoms with Crippen LogP contribution in [0.25, 0.3) is 0 Å². The van der Waals surface area contributed by atoms with Gasteiger partial charge in [0, 0.05) is 6.61 Å². The zero-order chi connectivity index (χ0) is 13.9. The molecule has 2 heterocycles. The van der Waals surface area contributed by atoms with Crippen molar-refractivity contribution in [3.05, 3.63) is 0 Å².